The number of thiazole rings is 1. The Labute approximate surface area is 118 Å². The zero-order valence-corrected chi connectivity index (χ0v) is 12.0. The number of aromatic nitrogens is 1. The summed E-state index contributed by atoms with van der Waals surface area (Å²) < 4.78 is 1.03. The first-order valence-electron chi connectivity index (χ1n) is 5.57. The smallest absolute Gasteiger partial charge is 0.303 e. The molecule has 5 heteroatoms. The summed E-state index contributed by atoms with van der Waals surface area (Å²) >= 11 is 5.02. The zero-order chi connectivity index (χ0) is 13.0. The molecule has 2 aromatic rings. The van der Waals surface area contributed by atoms with Gasteiger partial charge < -0.3 is 5.11 Å². The Morgan fingerprint density at radius 2 is 2.28 bits per heavy atom. The second-order valence-corrected chi connectivity index (χ2v) is 5.74. The first-order valence-corrected chi connectivity index (χ1v) is 7.24. The van der Waals surface area contributed by atoms with Gasteiger partial charge in [-0.05, 0) is 25.0 Å². The Morgan fingerprint density at radius 3 is 3.00 bits per heavy atom. The van der Waals surface area contributed by atoms with E-state index in [9.17, 15) is 4.79 Å². The number of aliphatic carboxylic acids is 1. The van der Waals surface area contributed by atoms with E-state index < -0.39 is 5.97 Å². The van der Waals surface area contributed by atoms with Crippen molar-refractivity contribution >= 4 is 33.2 Å². The van der Waals surface area contributed by atoms with Crippen LogP contribution in [0.25, 0.3) is 11.3 Å². The maximum Gasteiger partial charge on any atom is 0.303 e. The van der Waals surface area contributed by atoms with Crippen LogP contribution in [0.5, 0.6) is 0 Å². The molecule has 0 fully saturated rings. The molecule has 0 aliphatic heterocycles. The van der Waals surface area contributed by atoms with Gasteiger partial charge in [0.25, 0.3) is 0 Å². The van der Waals surface area contributed by atoms with E-state index in [4.69, 9.17) is 5.11 Å². The highest BCUT2D eigenvalue weighted by atomic mass is 79.9. The van der Waals surface area contributed by atoms with E-state index in [1.54, 1.807) is 11.3 Å². The van der Waals surface area contributed by atoms with Gasteiger partial charge in [-0.15, -0.1) is 11.3 Å². The molecule has 0 bridgehead atoms. The first kappa shape index (κ1) is 13.2. The quantitative estimate of drug-likeness (QED) is 0.904. The topological polar surface area (TPSA) is 50.2 Å². The summed E-state index contributed by atoms with van der Waals surface area (Å²) in [6.07, 6.45) is 1.57. The van der Waals surface area contributed by atoms with Gasteiger partial charge in [0.2, 0.25) is 0 Å². The van der Waals surface area contributed by atoms with Gasteiger partial charge in [0.1, 0.15) is 0 Å². The molecule has 0 unspecified atom stereocenters. The summed E-state index contributed by atoms with van der Waals surface area (Å²) in [4.78, 5) is 15.0. The van der Waals surface area contributed by atoms with E-state index in [2.05, 4.69) is 20.9 Å². The fourth-order valence-corrected chi connectivity index (χ4v) is 2.85. The Balaban J connectivity index is 2.04. The number of rotatable bonds is 5. The second-order valence-electron chi connectivity index (χ2n) is 3.88. The van der Waals surface area contributed by atoms with Crippen LogP contribution in [0.2, 0.25) is 0 Å². The number of aryl methyl sites for hydroxylation is 1. The lowest BCUT2D eigenvalue weighted by Gasteiger charge is -1.97. The molecule has 0 spiro atoms. The average Bonchev–Trinajstić information content (AvgIpc) is 2.77. The predicted molar refractivity (Wildman–Crippen MR) is 75.8 cm³/mol. The highest BCUT2D eigenvalue weighted by Gasteiger charge is 2.06. The Kier molecular flexibility index (Phi) is 4.49. The molecule has 0 aliphatic rings. The molecule has 0 amide bonds. The van der Waals surface area contributed by atoms with E-state index in [0.29, 0.717) is 6.42 Å². The molecule has 18 heavy (non-hydrogen) atoms. The van der Waals surface area contributed by atoms with Crippen molar-refractivity contribution in [2.45, 2.75) is 19.3 Å². The molecule has 1 N–H and O–H groups in total. The number of nitrogens with zero attached hydrogens (tertiary/aromatic N) is 1. The molecule has 0 saturated carbocycles. The monoisotopic (exact) mass is 325 g/mol. The van der Waals surface area contributed by atoms with Crippen molar-refractivity contribution in [2.75, 3.05) is 0 Å². The molecule has 3 nitrogen and oxygen atoms in total. The van der Waals surface area contributed by atoms with Crippen LogP contribution in [0.4, 0.5) is 0 Å². The first-order chi connectivity index (χ1) is 8.65. The van der Waals surface area contributed by atoms with Gasteiger partial charge >= 0.3 is 5.97 Å². The number of hydrogen-bond acceptors (Lipinski definition) is 3. The van der Waals surface area contributed by atoms with Crippen LogP contribution in [0, 0.1) is 0 Å². The van der Waals surface area contributed by atoms with Crippen molar-refractivity contribution in [3.63, 3.8) is 0 Å². The third-order valence-corrected chi connectivity index (χ3v) is 3.86. The third kappa shape index (κ3) is 3.65. The molecule has 0 radical (unpaired) electrons. The van der Waals surface area contributed by atoms with Crippen molar-refractivity contribution in [3.8, 4) is 11.3 Å². The number of carbonyl (C=O) groups is 1. The molecule has 1 aromatic heterocycles. The molecule has 0 atom stereocenters. The van der Waals surface area contributed by atoms with Crippen LogP contribution in [-0.2, 0) is 11.2 Å². The van der Waals surface area contributed by atoms with Crippen molar-refractivity contribution in [1.82, 2.24) is 4.98 Å². The minimum absolute atomic E-state index is 0.200. The van der Waals surface area contributed by atoms with E-state index >= 15 is 0 Å². The molecule has 2 rings (SSSR count). The summed E-state index contributed by atoms with van der Waals surface area (Å²) in [5, 5.41) is 11.6. The second kappa shape index (κ2) is 6.11. The van der Waals surface area contributed by atoms with Crippen molar-refractivity contribution in [1.29, 1.82) is 0 Å². The molecule has 94 valence electrons. The van der Waals surface area contributed by atoms with Crippen LogP contribution < -0.4 is 0 Å². The predicted octanol–water partition coefficient (Wildman–Crippen LogP) is 3.98. The lowest BCUT2D eigenvalue weighted by molar-refractivity contribution is -0.137. The van der Waals surface area contributed by atoms with Gasteiger partial charge in [0, 0.05) is 21.8 Å². The molecular weight excluding hydrogens is 314 g/mol. The van der Waals surface area contributed by atoms with Crippen LogP contribution in [0.15, 0.2) is 34.1 Å². The van der Waals surface area contributed by atoms with E-state index in [-0.39, 0.29) is 6.42 Å². The summed E-state index contributed by atoms with van der Waals surface area (Å²) in [6.45, 7) is 0. The highest BCUT2D eigenvalue weighted by molar-refractivity contribution is 9.10. The number of hydrogen-bond donors (Lipinski definition) is 1. The van der Waals surface area contributed by atoms with E-state index in [0.717, 1.165) is 27.2 Å². The fourth-order valence-electron chi connectivity index (χ4n) is 1.60. The SMILES string of the molecule is O=C(O)CCCc1nc(-c2cccc(Br)c2)cs1. The molecular formula is C13H12BrNO2S. The van der Waals surface area contributed by atoms with Crippen LogP contribution in [0.3, 0.4) is 0 Å². The minimum Gasteiger partial charge on any atom is -0.481 e. The van der Waals surface area contributed by atoms with Gasteiger partial charge in [-0.2, -0.15) is 0 Å². The minimum atomic E-state index is -0.751. The van der Waals surface area contributed by atoms with Crippen molar-refractivity contribution in [2.24, 2.45) is 0 Å². The lowest BCUT2D eigenvalue weighted by atomic mass is 10.2. The van der Waals surface area contributed by atoms with E-state index in [1.165, 1.54) is 0 Å². The number of benzene rings is 1. The summed E-state index contributed by atoms with van der Waals surface area (Å²) in [5.74, 6) is -0.751. The maximum atomic E-state index is 10.4. The molecule has 1 heterocycles. The largest absolute Gasteiger partial charge is 0.481 e. The summed E-state index contributed by atoms with van der Waals surface area (Å²) in [7, 11) is 0. The van der Waals surface area contributed by atoms with Gasteiger partial charge in [0.15, 0.2) is 0 Å². The zero-order valence-electron chi connectivity index (χ0n) is 9.60. The summed E-state index contributed by atoms with van der Waals surface area (Å²) in [6, 6.07) is 7.99. The third-order valence-electron chi connectivity index (χ3n) is 2.45. The van der Waals surface area contributed by atoms with Gasteiger partial charge in [-0.3, -0.25) is 4.79 Å². The standard InChI is InChI=1S/C13H12BrNO2S/c14-10-4-1-3-9(7-10)11-8-18-12(15-11)5-2-6-13(16)17/h1,3-4,7-8H,2,5-6H2,(H,16,17). The van der Waals surface area contributed by atoms with Crippen LogP contribution in [0.1, 0.15) is 17.8 Å². The Bertz CT molecular complexity index is 553. The van der Waals surface area contributed by atoms with Crippen LogP contribution in [-0.4, -0.2) is 16.1 Å². The number of carboxylic acid groups (broad SMARTS) is 1. The summed E-state index contributed by atoms with van der Waals surface area (Å²) in [5.41, 5.74) is 2.02. The highest BCUT2D eigenvalue weighted by Crippen LogP contribution is 2.25. The number of halogens is 1. The van der Waals surface area contributed by atoms with Gasteiger partial charge in [-0.25, -0.2) is 4.98 Å². The van der Waals surface area contributed by atoms with Gasteiger partial charge in [0.05, 0.1) is 10.7 Å². The average molecular weight is 326 g/mol. The lowest BCUT2D eigenvalue weighted by Crippen LogP contribution is -1.95. The maximum absolute atomic E-state index is 10.4. The molecule has 0 saturated heterocycles. The van der Waals surface area contributed by atoms with E-state index in [1.807, 2.05) is 29.6 Å². The normalized spacial score (nSPS) is 10.5. The Morgan fingerprint density at radius 1 is 1.44 bits per heavy atom. The van der Waals surface area contributed by atoms with Crippen LogP contribution >= 0.6 is 27.3 Å². The number of carboxylic acids is 1. The Hall–Kier alpha value is -1.20. The van der Waals surface area contributed by atoms with Gasteiger partial charge in [-0.1, -0.05) is 28.1 Å². The van der Waals surface area contributed by atoms with Crippen molar-refractivity contribution < 1.29 is 9.90 Å². The van der Waals surface area contributed by atoms with Crippen molar-refractivity contribution in [3.05, 3.63) is 39.1 Å². The molecule has 0 aliphatic carbocycles. The molecule has 1 aromatic carbocycles. The fraction of sp³-hybridized carbons (Fsp3) is 0.231.